The van der Waals surface area contributed by atoms with Gasteiger partial charge >= 0.3 is 0 Å². The number of carbonyl (C=O) groups is 1. The van der Waals surface area contributed by atoms with Gasteiger partial charge < -0.3 is 10.2 Å². The molecule has 5 nitrogen and oxygen atoms in total. The molecule has 0 aliphatic carbocycles. The van der Waals surface area contributed by atoms with E-state index < -0.39 is 0 Å². The van der Waals surface area contributed by atoms with Crippen molar-refractivity contribution in [2.24, 2.45) is 0 Å². The Labute approximate surface area is 153 Å². The van der Waals surface area contributed by atoms with E-state index in [0.717, 1.165) is 35.0 Å². The number of nitrogens with zero attached hydrogens (tertiary/aromatic N) is 2. The van der Waals surface area contributed by atoms with Gasteiger partial charge in [-0.1, -0.05) is 47.4 Å². The highest BCUT2D eigenvalue weighted by atomic mass is 32.2. The van der Waals surface area contributed by atoms with Crippen LogP contribution in [0.2, 0.25) is 0 Å². The summed E-state index contributed by atoms with van der Waals surface area (Å²) in [5.41, 5.74) is -0.323. The third-order valence-corrected chi connectivity index (χ3v) is 6.20. The second-order valence-corrected chi connectivity index (χ2v) is 8.11. The molecule has 126 valence electrons. The first-order chi connectivity index (χ1) is 11.6. The molecule has 8 heteroatoms. The number of nitrogens with one attached hydrogen (secondary N) is 1. The van der Waals surface area contributed by atoms with Crippen molar-refractivity contribution < 1.29 is 4.79 Å². The summed E-state index contributed by atoms with van der Waals surface area (Å²) >= 11 is 8.05. The van der Waals surface area contributed by atoms with Gasteiger partial charge in [0.15, 0.2) is 5.13 Å². The Morgan fingerprint density at radius 2 is 2.04 bits per heavy atom. The molecule has 1 aromatic carbocycles. The smallest absolute Gasteiger partial charge is 0.281 e. The number of fused-ring (bicyclic) bond motifs is 1. The fourth-order valence-corrected chi connectivity index (χ4v) is 4.48. The zero-order valence-electron chi connectivity index (χ0n) is 13.0. The van der Waals surface area contributed by atoms with Gasteiger partial charge in [-0.05, 0) is 31.4 Å². The highest BCUT2D eigenvalue weighted by Gasteiger charge is 2.15. The zero-order valence-corrected chi connectivity index (χ0v) is 15.4. The maximum absolute atomic E-state index is 12.1. The number of anilines is 1. The molecule has 0 radical (unpaired) electrons. The molecule has 0 spiro atoms. The van der Waals surface area contributed by atoms with Gasteiger partial charge in [0.2, 0.25) is 5.91 Å². The number of rotatable bonds is 3. The first kappa shape index (κ1) is 17.3. The fourth-order valence-electron chi connectivity index (χ4n) is 2.52. The Kier molecular flexibility index (Phi) is 5.80. The van der Waals surface area contributed by atoms with Crippen LogP contribution in [-0.2, 0) is 4.79 Å². The Morgan fingerprint density at radius 1 is 1.29 bits per heavy atom. The van der Waals surface area contributed by atoms with Crippen molar-refractivity contribution in [1.82, 2.24) is 9.88 Å². The number of thiocarbonyl (C=S) groups is 1. The van der Waals surface area contributed by atoms with Crippen molar-refractivity contribution in [2.75, 3.05) is 24.2 Å². The number of benzene rings is 1. The van der Waals surface area contributed by atoms with Gasteiger partial charge in [0.25, 0.3) is 5.56 Å². The average Bonchev–Trinajstić information content (AvgIpc) is 2.60. The van der Waals surface area contributed by atoms with Crippen LogP contribution in [0, 0.1) is 0 Å². The summed E-state index contributed by atoms with van der Waals surface area (Å²) in [5, 5.41) is 3.60. The maximum Gasteiger partial charge on any atom is 0.281 e. The van der Waals surface area contributed by atoms with Crippen LogP contribution in [0.15, 0.2) is 29.1 Å². The Morgan fingerprint density at radius 3 is 2.83 bits per heavy atom. The van der Waals surface area contributed by atoms with Gasteiger partial charge in [-0.2, -0.15) is 4.98 Å². The molecule has 24 heavy (non-hydrogen) atoms. The minimum atomic E-state index is -0.323. The van der Waals surface area contributed by atoms with Crippen molar-refractivity contribution in [2.45, 2.75) is 19.3 Å². The van der Waals surface area contributed by atoms with Gasteiger partial charge in [0.1, 0.15) is 4.32 Å². The lowest BCUT2D eigenvalue weighted by atomic mass is 10.1. The lowest BCUT2D eigenvalue weighted by molar-refractivity contribution is -0.113. The summed E-state index contributed by atoms with van der Waals surface area (Å²) in [4.78, 5) is 30.2. The van der Waals surface area contributed by atoms with Crippen LogP contribution in [0.3, 0.4) is 0 Å². The Hall–Kier alpha value is -1.51. The molecule has 1 aromatic heterocycles. The second-order valence-electron chi connectivity index (χ2n) is 5.47. The number of thioether (sulfide) groups is 1. The molecule has 0 saturated carbocycles. The van der Waals surface area contributed by atoms with Crippen LogP contribution in [-0.4, -0.2) is 39.0 Å². The van der Waals surface area contributed by atoms with Gasteiger partial charge in [-0.25, -0.2) is 0 Å². The van der Waals surface area contributed by atoms with E-state index in [1.54, 1.807) is 12.1 Å². The fraction of sp³-hybridized carbons (Fsp3) is 0.375. The molecule has 1 N–H and O–H groups in total. The average molecular weight is 380 g/mol. The predicted octanol–water partition coefficient (Wildman–Crippen LogP) is 3.10. The molecule has 0 bridgehead atoms. The summed E-state index contributed by atoms with van der Waals surface area (Å²) in [6.45, 7) is 1.95. The SMILES string of the molecule is O=C(CSC(=S)N1CCCCC1)Nc1nc(=O)c2ccccc2s1. The number of carbonyl (C=O) groups excluding carboxylic acids is 1. The molecule has 2 heterocycles. The van der Waals surface area contributed by atoms with Crippen LogP contribution in [0.1, 0.15) is 19.3 Å². The second kappa shape index (κ2) is 8.04. The normalized spacial score (nSPS) is 14.6. The summed E-state index contributed by atoms with van der Waals surface area (Å²) in [7, 11) is 0. The van der Waals surface area contributed by atoms with Gasteiger partial charge in [0, 0.05) is 17.8 Å². The molecule has 1 fully saturated rings. The minimum Gasteiger partial charge on any atom is -0.358 e. The van der Waals surface area contributed by atoms with Crippen molar-refractivity contribution in [3.63, 3.8) is 0 Å². The van der Waals surface area contributed by atoms with Crippen molar-refractivity contribution >= 4 is 60.8 Å². The van der Waals surface area contributed by atoms with Crippen LogP contribution < -0.4 is 10.9 Å². The van der Waals surface area contributed by atoms with E-state index >= 15 is 0 Å². The van der Waals surface area contributed by atoms with E-state index in [2.05, 4.69) is 15.2 Å². The summed E-state index contributed by atoms with van der Waals surface area (Å²) in [6, 6.07) is 7.24. The first-order valence-corrected chi connectivity index (χ1v) is 9.96. The van der Waals surface area contributed by atoms with E-state index in [-0.39, 0.29) is 17.2 Å². The Bertz CT molecular complexity index is 816. The predicted molar refractivity (Wildman–Crippen MR) is 105 cm³/mol. The van der Waals surface area contributed by atoms with Gasteiger partial charge in [-0.15, -0.1) is 0 Å². The maximum atomic E-state index is 12.1. The number of amides is 1. The van der Waals surface area contributed by atoms with Crippen molar-refractivity contribution in [3.8, 4) is 0 Å². The van der Waals surface area contributed by atoms with Crippen molar-refractivity contribution in [3.05, 3.63) is 34.6 Å². The molecule has 0 atom stereocenters. The standard InChI is InChI=1S/C16H17N3O2S3/c20-13(10-23-16(22)19-8-4-1-5-9-19)17-15-18-14(21)11-6-2-3-7-12(11)24-15/h2-3,6-7H,1,4-5,8-10H2,(H,17,18,20,21). The summed E-state index contributed by atoms with van der Waals surface area (Å²) in [5.74, 6) is 0.0304. The van der Waals surface area contributed by atoms with Crippen molar-refractivity contribution in [1.29, 1.82) is 0 Å². The summed E-state index contributed by atoms with van der Waals surface area (Å²) in [6.07, 6.45) is 3.56. The van der Waals surface area contributed by atoms with E-state index in [9.17, 15) is 9.59 Å². The molecule has 1 amide bonds. The molecule has 2 aromatic rings. The number of hydrogen-bond acceptors (Lipinski definition) is 6. The lowest BCUT2D eigenvalue weighted by Crippen LogP contribution is -2.33. The highest BCUT2D eigenvalue weighted by molar-refractivity contribution is 8.23. The van der Waals surface area contributed by atoms with Crippen LogP contribution in [0.4, 0.5) is 5.13 Å². The summed E-state index contributed by atoms with van der Waals surface area (Å²) < 4.78 is 1.58. The molecular formula is C16H17N3O2S3. The number of hydrogen-bond donors (Lipinski definition) is 1. The van der Waals surface area contributed by atoms with E-state index in [1.165, 1.54) is 29.5 Å². The number of aromatic nitrogens is 1. The number of likely N-dealkylation sites (tertiary alicyclic amines) is 1. The molecular weight excluding hydrogens is 362 g/mol. The minimum absolute atomic E-state index is 0.196. The topological polar surface area (TPSA) is 62.3 Å². The molecule has 3 rings (SSSR count). The van der Waals surface area contributed by atoms with Crippen LogP contribution in [0.25, 0.3) is 10.1 Å². The molecule has 0 unspecified atom stereocenters. The monoisotopic (exact) mass is 379 g/mol. The molecule has 1 saturated heterocycles. The largest absolute Gasteiger partial charge is 0.358 e. The van der Waals surface area contributed by atoms with Crippen LogP contribution in [0.5, 0.6) is 0 Å². The lowest BCUT2D eigenvalue weighted by Gasteiger charge is -2.28. The van der Waals surface area contributed by atoms with Gasteiger partial charge in [0.05, 0.1) is 11.1 Å². The quantitative estimate of drug-likeness (QED) is 0.827. The highest BCUT2D eigenvalue weighted by Crippen LogP contribution is 2.21. The number of piperidine rings is 1. The third-order valence-electron chi connectivity index (χ3n) is 3.71. The zero-order chi connectivity index (χ0) is 16.9. The van der Waals surface area contributed by atoms with E-state index in [4.69, 9.17) is 12.2 Å². The van der Waals surface area contributed by atoms with E-state index in [1.807, 2.05) is 12.1 Å². The first-order valence-electron chi connectivity index (χ1n) is 7.75. The molecule has 1 aliphatic heterocycles. The third kappa shape index (κ3) is 4.31. The van der Waals surface area contributed by atoms with Crippen LogP contribution >= 0.6 is 35.3 Å². The van der Waals surface area contributed by atoms with Gasteiger partial charge in [-0.3, -0.25) is 9.59 Å². The Balaban J connectivity index is 1.58. The van der Waals surface area contributed by atoms with E-state index in [0.29, 0.717) is 10.5 Å². The molecule has 1 aliphatic rings.